The van der Waals surface area contributed by atoms with E-state index in [2.05, 4.69) is 20.9 Å². The third-order valence-corrected chi connectivity index (χ3v) is 5.50. The minimum Gasteiger partial charge on any atom is -0.436 e. The molecule has 0 aromatic carbocycles. The van der Waals surface area contributed by atoms with Gasteiger partial charge in [0.25, 0.3) is 5.91 Å². The maximum Gasteiger partial charge on any atom is 0.291 e. The number of likely N-dealkylation sites (tertiary alicyclic amines) is 1. The second kappa shape index (κ2) is 7.29. The zero-order chi connectivity index (χ0) is 19.0. The summed E-state index contributed by atoms with van der Waals surface area (Å²) in [5.41, 5.74) is 1.71. The molecule has 4 rings (SSSR count). The van der Waals surface area contributed by atoms with Gasteiger partial charge in [0.15, 0.2) is 5.89 Å². The highest BCUT2D eigenvalue weighted by molar-refractivity contribution is 5.92. The second-order valence-corrected chi connectivity index (χ2v) is 7.63. The molecule has 2 saturated heterocycles. The number of aryl methyl sites for hydroxylation is 3. The molecule has 0 N–H and O–H groups in total. The van der Waals surface area contributed by atoms with Gasteiger partial charge in [-0.3, -0.25) is 4.79 Å². The van der Waals surface area contributed by atoms with Crippen molar-refractivity contribution < 1.29 is 9.21 Å². The number of anilines is 1. The molecule has 7 heteroatoms. The van der Waals surface area contributed by atoms with Gasteiger partial charge in [0.1, 0.15) is 11.6 Å². The Morgan fingerprint density at radius 2 is 1.85 bits per heavy atom. The first-order chi connectivity index (χ1) is 13.0. The Morgan fingerprint density at radius 1 is 1.07 bits per heavy atom. The largest absolute Gasteiger partial charge is 0.436 e. The van der Waals surface area contributed by atoms with Crippen LogP contribution < -0.4 is 4.90 Å². The zero-order valence-electron chi connectivity index (χ0n) is 16.4. The van der Waals surface area contributed by atoms with Gasteiger partial charge in [0.2, 0.25) is 5.76 Å². The number of nitrogens with zero attached hydrogens (tertiary/aromatic N) is 5. The molecule has 4 heterocycles. The normalized spacial score (nSPS) is 20.3. The van der Waals surface area contributed by atoms with Gasteiger partial charge in [-0.2, -0.15) is 0 Å². The van der Waals surface area contributed by atoms with Gasteiger partial charge in [-0.1, -0.05) is 0 Å². The molecule has 0 aliphatic carbocycles. The fourth-order valence-electron chi connectivity index (χ4n) is 4.17. The Labute approximate surface area is 159 Å². The molecule has 0 spiro atoms. The van der Waals surface area contributed by atoms with Crippen molar-refractivity contribution in [2.24, 2.45) is 0 Å². The summed E-state index contributed by atoms with van der Waals surface area (Å²) in [7, 11) is 0. The number of hydrogen-bond donors (Lipinski definition) is 0. The van der Waals surface area contributed by atoms with Crippen LogP contribution in [-0.4, -0.2) is 51.9 Å². The van der Waals surface area contributed by atoms with Gasteiger partial charge >= 0.3 is 0 Å². The molecular formula is C20H27N5O2. The van der Waals surface area contributed by atoms with Crippen LogP contribution in [0.25, 0.3) is 0 Å². The van der Waals surface area contributed by atoms with E-state index >= 15 is 0 Å². The minimum atomic E-state index is -0.0663. The monoisotopic (exact) mass is 369 g/mol. The van der Waals surface area contributed by atoms with Gasteiger partial charge in [0.05, 0.1) is 11.4 Å². The Morgan fingerprint density at radius 3 is 2.56 bits per heavy atom. The van der Waals surface area contributed by atoms with Gasteiger partial charge < -0.3 is 14.2 Å². The van der Waals surface area contributed by atoms with Crippen molar-refractivity contribution in [3.8, 4) is 0 Å². The molecule has 0 saturated carbocycles. The predicted octanol–water partition coefficient (Wildman–Crippen LogP) is 3.01. The third-order valence-electron chi connectivity index (χ3n) is 5.50. The number of carbonyl (C=O) groups is 1. The standard InChI is InChI=1S/C20H27N5O2/c1-13-19(27-15(3)21-13)20(26)25-10-6-7-16(12-25)17-11-18(23-14(2)22-17)24-8-4-5-9-24/h11,16H,4-10,12H2,1-3H3/t16-/m0/s1. The van der Waals surface area contributed by atoms with E-state index in [1.807, 2.05) is 18.7 Å². The maximum absolute atomic E-state index is 12.9. The summed E-state index contributed by atoms with van der Waals surface area (Å²) >= 11 is 0. The number of aromatic nitrogens is 3. The fraction of sp³-hybridized carbons (Fsp3) is 0.600. The highest BCUT2D eigenvalue weighted by atomic mass is 16.4. The van der Waals surface area contributed by atoms with Crippen molar-refractivity contribution >= 4 is 11.7 Å². The third kappa shape index (κ3) is 3.68. The van der Waals surface area contributed by atoms with Crippen LogP contribution in [-0.2, 0) is 0 Å². The average molecular weight is 369 g/mol. The Kier molecular flexibility index (Phi) is 4.85. The average Bonchev–Trinajstić information content (AvgIpc) is 3.30. The van der Waals surface area contributed by atoms with E-state index in [0.717, 1.165) is 49.8 Å². The van der Waals surface area contributed by atoms with Crippen molar-refractivity contribution in [3.05, 3.63) is 34.9 Å². The highest BCUT2D eigenvalue weighted by Gasteiger charge is 2.30. The first kappa shape index (κ1) is 17.9. The Balaban J connectivity index is 1.54. The van der Waals surface area contributed by atoms with Gasteiger partial charge in [-0.05, 0) is 39.5 Å². The van der Waals surface area contributed by atoms with Gasteiger partial charge in [-0.15, -0.1) is 0 Å². The first-order valence-corrected chi connectivity index (χ1v) is 9.85. The summed E-state index contributed by atoms with van der Waals surface area (Å²) in [6.45, 7) is 9.08. The van der Waals surface area contributed by atoms with E-state index in [1.165, 1.54) is 12.8 Å². The van der Waals surface area contributed by atoms with E-state index in [-0.39, 0.29) is 11.8 Å². The van der Waals surface area contributed by atoms with Crippen LogP contribution in [0.15, 0.2) is 10.5 Å². The van der Waals surface area contributed by atoms with Gasteiger partial charge in [0, 0.05) is 45.1 Å². The molecule has 2 aromatic rings. The molecule has 2 aliphatic rings. The molecule has 27 heavy (non-hydrogen) atoms. The molecule has 0 bridgehead atoms. The summed E-state index contributed by atoms with van der Waals surface area (Å²) < 4.78 is 5.54. The minimum absolute atomic E-state index is 0.0663. The quantitative estimate of drug-likeness (QED) is 0.828. The predicted molar refractivity (Wildman–Crippen MR) is 102 cm³/mol. The summed E-state index contributed by atoms with van der Waals surface area (Å²) in [4.78, 5) is 30.7. The van der Waals surface area contributed by atoms with E-state index in [4.69, 9.17) is 9.40 Å². The summed E-state index contributed by atoms with van der Waals surface area (Å²) in [6.07, 6.45) is 4.44. The number of carbonyl (C=O) groups excluding carboxylic acids is 1. The fourth-order valence-corrected chi connectivity index (χ4v) is 4.17. The topological polar surface area (TPSA) is 75.4 Å². The Hall–Kier alpha value is -2.44. The molecule has 2 aromatic heterocycles. The lowest BCUT2D eigenvalue weighted by molar-refractivity contribution is 0.0671. The van der Waals surface area contributed by atoms with Crippen molar-refractivity contribution in [1.82, 2.24) is 19.9 Å². The van der Waals surface area contributed by atoms with Crippen molar-refractivity contribution in [1.29, 1.82) is 0 Å². The van der Waals surface area contributed by atoms with Gasteiger partial charge in [-0.25, -0.2) is 15.0 Å². The lowest BCUT2D eigenvalue weighted by atomic mass is 9.94. The van der Waals surface area contributed by atoms with E-state index in [0.29, 0.717) is 23.9 Å². The van der Waals surface area contributed by atoms with Crippen LogP contribution in [0.4, 0.5) is 5.82 Å². The SMILES string of the molecule is Cc1nc([C@H]2CCCN(C(=O)c3oc(C)nc3C)C2)cc(N2CCCC2)n1. The van der Waals surface area contributed by atoms with Crippen molar-refractivity contribution in [2.75, 3.05) is 31.1 Å². The second-order valence-electron chi connectivity index (χ2n) is 7.63. The number of oxazole rings is 1. The maximum atomic E-state index is 12.9. The summed E-state index contributed by atoms with van der Waals surface area (Å²) in [5, 5.41) is 0. The van der Waals surface area contributed by atoms with E-state index < -0.39 is 0 Å². The molecule has 144 valence electrons. The number of rotatable bonds is 3. The number of piperidine rings is 1. The smallest absolute Gasteiger partial charge is 0.291 e. The van der Waals surface area contributed by atoms with Crippen molar-refractivity contribution in [2.45, 2.75) is 52.4 Å². The number of hydrogen-bond acceptors (Lipinski definition) is 6. The molecule has 0 unspecified atom stereocenters. The summed E-state index contributed by atoms with van der Waals surface area (Å²) in [6, 6.07) is 2.13. The van der Waals surface area contributed by atoms with E-state index in [9.17, 15) is 4.79 Å². The highest BCUT2D eigenvalue weighted by Crippen LogP contribution is 2.29. The molecule has 1 atom stereocenters. The van der Waals surface area contributed by atoms with Crippen LogP contribution in [0.5, 0.6) is 0 Å². The lowest BCUT2D eigenvalue weighted by Gasteiger charge is -2.32. The zero-order valence-corrected chi connectivity index (χ0v) is 16.4. The van der Waals surface area contributed by atoms with E-state index in [1.54, 1.807) is 6.92 Å². The number of amides is 1. The van der Waals surface area contributed by atoms with Crippen LogP contribution in [0.2, 0.25) is 0 Å². The van der Waals surface area contributed by atoms with Crippen LogP contribution in [0.3, 0.4) is 0 Å². The Bertz CT molecular complexity index is 841. The molecule has 1 amide bonds. The van der Waals surface area contributed by atoms with Crippen LogP contribution in [0.1, 0.15) is 65.3 Å². The van der Waals surface area contributed by atoms with Crippen LogP contribution >= 0.6 is 0 Å². The van der Waals surface area contributed by atoms with Crippen molar-refractivity contribution in [3.63, 3.8) is 0 Å². The first-order valence-electron chi connectivity index (χ1n) is 9.85. The van der Waals surface area contributed by atoms with Crippen LogP contribution in [0, 0.1) is 20.8 Å². The molecule has 2 aliphatic heterocycles. The molecule has 7 nitrogen and oxygen atoms in total. The lowest BCUT2D eigenvalue weighted by Crippen LogP contribution is -2.39. The molecule has 2 fully saturated rings. The summed E-state index contributed by atoms with van der Waals surface area (Å²) in [5.74, 6) is 2.90. The molecule has 0 radical (unpaired) electrons. The molecular weight excluding hydrogens is 342 g/mol.